The van der Waals surface area contributed by atoms with Crippen molar-refractivity contribution in [1.82, 2.24) is 0 Å². The second-order valence-corrected chi connectivity index (χ2v) is 9.58. The Balaban J connectivity index is 3.40. The Morgan fingerprint density at radius 2 is 1.53 bits per heavy atom. The van der Waals surface area contributed by atoms with Gasteiger partial charge in [0.05, 0.1) is 0 Å². The van der Waals surface area contributed by atoms with Gasteiger partial charge < -0.3 is 0 Å². The summed E-state index contributed by atoms with van der Waals surface area (Å²) in [5, 5.41) is 3.88. The summed E-state index contributed by atoms with van der Waals surface area (Å²) in [6.07, 6.45) is 0. The highest BCUT2D eigenvalue weighted by Crippen LogP contribution is 2.22. The van der Waals surface area contributed by atoms with E-state index in [0.29, 0.717) is 0 Å². The number of hydrogen-bond donors (Lipinski definition) is 0. The zero-order chi connectivity index (χ0) is 13.2. The van der Waals surface area contributed by atoms with Crippen molar-refractivity contribution in [3.05, 3.63) is 60.0 Å². The minimum atomic E-state index is -1.79. The minimum absolute atomic E-state index is 1.10. The van der Waals surface area contributed by atoms with E-state index < -0.39 is 8.07 Å². The molecular formula is C16H22Si. The van der Waals surface area contributed by atoms with Gasteiger partial charge in [0.25, 0.3) is 0 Å². The molecule has 0 N–H and O–H groups in total. The molecule has 1 aromatic carbocycles. The Kier molecular flexibility index (Phi) is 3.94. The van der Waals surface area contributed by atoms with Crippen molar-refractivity contribution >= 4 is 18.8 Å². The van der Waals surface area contributed by atoms with Gasteiger partial charge >= 0.3 is 0 Å². The molecule has 0 saturated carbocycles. The number of hydrogen-bond acceptors (Lipinski definition) is 0. The molecule has 0 unspecified atom stereocenters. The zero-order valence-electron chi connectivity index (χ0n) is 11.4. The Morgan fingerprint density at radius 3 is 1.94 bits per heavy atom. The lowest BCUT2D eigenvalue weighted by Gasteiger charge is -2.29. The average molecular weight is 242 g/mol. The summed E-state index contributed by atoms with van der Waals surface area (Å²) in [4.78, 5) is 0. The third-order valence-electron chi connectivity index (χ3n) is 3.64. The zero-order valence-corrected chi connectivity index (χ0v) is 12.4. The normalized spacial score (nSPS) is 11.1. The van der Waals surface area contributed by atoms with Crippen LogP contribution in [0.3, 0.4) is 0 Å². The van der Waals surface area contributed by atoms with Crippen LogP contribution in [0, 0.1) is 0 Å². The summed E-state index contributed by atoms with van der Waals surface area (Å²) in [5.41, 5.74) is 2.32. The number of allylic oxidation sites excluding steroid dienone is 3. The molecule has 0 heterocycles. The van der Waals surface area contributed by atoms with Crippen LogP contribution in [-0.4, -0.2) is 8.07 Å². The summed E-state index contributed by atoms with van der Waals surface area (Å²) in [6.45, 7) is 21.0. The van der Waals surface area contributed by atoms with E-state index >= 15 is 0 Å². The molecule has 0 aromatic heterocycles. The van der Waals surface area contributed by atoms with E-state index in [1.807, 2.05) is 6.92 Å². The van der Waals surface area contributed by atoms with Gasteiger partial charge in [0.1, 0.15) is 8.07 Å². The number of rotatable bonds is 4. The first-order valence-corrected chi connectivity index (χ1v) is 8.38. The standard InChI is InChI=1S/C16H22Si/c1-12(2)15-9-8-10-16(11-15)17(7,13(3)4)14(5)6/h8-11H,1,3,5H2,2,4,6-7H3. The topological polar surface area (TPSA) is 0 Å². The highest BCUT2D eigenvalue weighted by molar-refractivity contribution is 7.01. The van der Waals surface area contributed by atoms with Crippen molar-refractivity contribution < 1.29 is 0 Å². The molecule has 0 saturated heterocycles. The van der Waals surface area contributed by atoms with E-state index in [-0.39, 0.29) is 0 Å². The summed E-state index contributed by atoms with van der Waals surface area (Å²) >= 11 is 0. The van der Waals surface area contributed by atoms with Gasteiger partial charge in [-0.2, -0.15) is 0 Å². The highest BCUT2D eigenvalue weighted by Gasteiger charge is 2.31. The fourth-order valence-electron chi connectivity index (χ4n) is 1.95. The van der Waals surface area contributed by atoms with Gasteiger partial charge in [-0.05, 0) is 31.5 Å². The molecule has 0 aliphatic carbocycles. The SMILES string of the molecule is C=C(C)c1cccc([Si](C)(C(=C)C)C(=C)C)c1. The summed E-state index contributed by atoms with van der Waals surface area (Å²) in [7, 11) is -1.79. The van der Waals surface area contributed by atoms with Gasteiger partial charge in [-0.15, -0.1) is 13.2 Å². The molecule has 0 amide bonds. The first-order chi connectivity index (χ1) is 7.80. The average Bonchev–Trinajstić information content (AvgIpc) is 2.27. The molecule has 17 heavy (non-hydrogen) atoms. The van der Waals surface area contributed by atoms with Gasteiger partial charge in [-0.1, -0.05) is 53.4 Å². The monoisotopic (exact) mass is 242 g/mol. The molecule has 90 valence electrons. The van der Waals surface area contributed by atoms with E-state index in [1.165, 1.54) is 21.1 Å². The largest absolute Gasteiger partial charge is 0.135 e. The fraction of sp³-hybridized carbons (Fsp3) is 0.250. The van der Waals surface area contributed by atoms with Gasteiger partial charge in [-0.25, -0.2) is 0 Å². The molecular weight excluding hydrogens is 220 g/mol. The van der Waals surface area contributed by atoms with Crippen LogP contribution in [0.15, 0.2) is 54.4 Å². The molecule has 0 fully saturated rings. The molecule has 0 radical (unpaired) electrons. The Hall–Kier alpha value is -1.34. The predicted octanol–water partition coefficient (Wildman–Crippen LogP) is 4.24. The van der Waals surface area contributed by atoms with Crippen LogP contribution in [0.5, 0.6) is 0 Å². The van der Waals surface area contributed by atoms with Crippen LogP contribution in [-0.2, 0) is 0 Å². The van der Waals surface area contributed by atoms with E-state index in [1.54, 1.807) is 0 Å². The quantitative estimate of drug-likeness (QED) is 0.693. The Morgan fingerprint density at radius 1 is 1.00 bits per heavy atom. The molecule has 0 nitrogen and oxygen atoms in total. The second-order valence-electron chi connectivity index (χ2n) is 5.05. The maximum absolute atomic E-state index is 4.18. The third kappa shape index (κ3) is 2.50. The lowest BCUT2D eigenvalue weighted by atomic mass is 10.1. The minimum Gasteiger partial charge on any atom is -0.103 e. The van der Waals surface area contributed by atoms with Crippen LogP contribution in [0.25, 0.3) is 5.57 Å². The van der Waals surface area contributed by atoms with Crippen LogP contribution < -0.4 is 5.19 Å². The van der Waals surface area contributed by atoms with E-state index in [9.17, 15) is 0 Å². The molecule has 1 heteroatoms. The molecule has 0 spiro atoms. The van der Waals surface area contributed by atoms with Crippen LogP contribution in [0.2, 0.25) is 6.55 Å². The molecule has 0 bridgehead atoms. The van der Waals surface area contributed by atoms with Crippen LogP contribution >= 0.6 is 0 Å². The summed E-state index contributed by atoms with van der Waals surface area (Å²) < 4.78 is 0. The van der Waals surface area contributed by atoms with Crippen LogP contribution in [0.4, 0.5) is 0 Å². The van der Waals surface area contributed by atoms with Crippen molar-refractivity contribution in [3.8, 4) is 0 Å². The van der Waals surface area contributed by atoms with Crippen molar-refractivity contribution in [1.29, 1.82) is 0 Å². The third-order valence-corrected chi connectivity index (χ3v) is 8.52. The first kappa shape index (κ1) is 13.7. The number of benzene rings is 1. The van der Waals surface area contributed by atoms with E-state index in [4.69, 9.17) is 0 Å². The molecule has 1 aromatic rings. The first-order valence-electron chi connectivity index (χ1n) is 5.88. The molecule has 0 aliphatic heterocycles. The molecule has 1 rings (SSSR count). The highest BCUT2D eigenvalue weighted by atomic mass is 28.3. The lowest BCUT2D eigenvalue weighted by Crippen LogP contribution is -2.47. The van der Waals surface area contributed by atoms with E-state index in [2.05, 4.69) is 64.4 Å². The van der Waals surface area contributed by atoms with Gasteiger partial charge in [-0.3, -0.25) is 0 Å². The maximum atomic E-state index is 4.18. The van der Waals surface area contributed by atoms with Crippen molar-refractivity contribution in [3.63, 3.8) is 0 Å². The van der Waals surface area contributed by atoms with Crippen molar-refractivity contribution in [2.24, 2.45) is 0 Å². The fourth-order valence-corrected chi connectivity index (χ4v) is 4.54. The van der Waals surface area contributed by atoms with Crippen molar-refractivity contribution in [2.45, 2.75) is 27.3 Å². The Bertz CT molecular complexity index is 466. The van der Waals surface area contributed by atoms with Gasteiger partial charge in [0.2, 0.25) is 0 Å². The summed E-state index contributed by atoms with van der Waals surface area (Å²) in [5.74, 6) is 0. The second kappa shape index (κ2) is 4.88. The maximum Gasteiger partial charge on any atom is 0.135 e. The summed E-state index contributed by atoms with van der Waals surface area (Å²) in [6, 6.07) is 8.66. The van der Waals surface area contributed by atoms with Crippen molar-refractivity contribution in [2.75, 3.05) is 0 Å². The van der Waals surface area contributed by atoms with Crippen LogP contribution in [0.1, 0.15) is 26.3 Å². The van der Waals surface area contributed by atoms with Gasteiger partial charge in [0, 0.05) is 0 Å². The Labute approximate surface area is 106 Å². The molecule has 0 atom stereocenters. The smallest absolute Gasteiger partial charge is 0.103 e. The van der Waals surface area contributed by atoms with E-state index in [0.717, 1.165) is 5.57 Å². The molecule has 0 aliphatic rings. The predicted molar refractivity (Wildman–Crippen MR) is 82.0 cm³/mol. The van der Waals surface area contributed by atoms with Gasteiger partial charge in [0.15, 0.2) is 0 Å². The lowest BCUT2D eigenvalue weighted by molar-refractivity contribution is 1.50.